The zero-order chi connectivity index (χ0) is 18.5. The minimum Gasteiger partial charge on any atom is -0.466 e. The summed E-state index contributed by atoms with van der Waals surface area (Å²) in [4.78, 5) is 23.1. The van der Waals surface area contributed by atoms with Crippen molar-refractivity contribution in [1.82, 2.24) is 9.97 Å². The topological polar surface area (TPSA) is 103 Å². The zero-order valence-corrected chi connectivity index (χ0v) is 14.6. The number of fused-ring (bicyclic) bond motifs is 1. The third kappa shape index (κ3) is 3.43. The van der Waals surface area contributed by atoms with Crippen molar-refractivity contribution < 1.29 is 9.53 Å². The fourth-order valence-electron chi connectivity index (χ4n) is 3.17. The molecule has 1 fully saturated rings. The average molecular weight is 349 g/mol. The number of hydrogen-bond acceptors (Lipinski definition) is 7. The summed E-state index contributed by atoms with van der Waals surface area (Å²) < 4.78 is 5.11. The third-order valence-electron chi connectivity index (χ3n) is 4.52. The van der Waals surface area contributed by atoms with Crippen molar-refractivity contribution in [3.8, 4) is 12.1 Å². The number of ether oxygens (including phenoxy) is 1. The SMILES string of the molecule is CCOC(=O)C1CCN(c2nc3ccccc3nc2C(C#N)C#N)CC1. The highest BCUT2D eigenvalue weighted by atomic mass is 16.5. The van der Waals surface area contributed by atoms with Crippen molar-refractivity contribution in [2.75, 3.05) is 24.6 Å². The number of piperidine rings is 1. The van der Waals surface area contributed by atoms with Crippen molar-refractivity contribution in [1.29, 1.82) is 10.5 Å². The van der Waals surface area contributed by atoms with E-state index < -0.39 is 5.92 Å². The number of carbonyl (C=O) groups is 1. The van der Waals surface area contributed by atoms with Gasteiger partial charge in [-0.25, -0.2) is 9.97 Å². The van der Waals surface area contributed by atoms with Crippen molar-refractivity contribution in [3.05, 3.63) is 30.0 Å². The van der Waals surface area contributed by atoms with E-state index in [1.165, 1.54) is 0 Å². The first-order chi connectivity index (χ1) is 12.7. The van der Waals surface area contributed by atoms with E-state index in [0.717, 1.165) is 0 Å². The van der Waals surface area contributed by atoms with E-state index in [4.69, 9.17) is 4.74 Å². The van der Waals surface area contributed by atoms with E-state index in [0.29, 0.717) is 55.1 Å². The van der Waals surface area contributed by atoms with E-state index in [1.807, 2.05) is 41.3 Å². The highest BCUT2D eigenvalue weighted by Gasteiger charge is 2.29. The average Bonchev–Trinajstić information content (AvgIpc) is 2.69. The summed E-state index contributed by atoms with van der Waals surface area (Å²) in [5.41, 5.74) is 1.75. The summed E-state index contributed by atoms with van der Waals surface area (Å²) >= 11 is 0. The zero-order valence-electron chi connectivity index (χ0n) is 14.6. The van der Waals surface area contributed by atoms with Gasteiger partial charge in [-0.3, -0.25) is 4.79 Å². The highest BCUT2D eigenvalue weighted by molar-refractivity contribution is 5.77. The molecule has 1 saturated heterocycles. The van der Waals surface area contributed by atoms with Gasteiger partial charge in [0.2, 0.25) is 0 Å². The van der Waals surface area contributed by atoms with Gasteiger partial charge in [-0.15, -0.1) is 0 Å². The molecule has 1 aromatic heterocycles. The van der Waals surface area contributed by atoms with Crippen LogP contribution in [0.5, 0.6) is 0 Å². The number of carbonyl (C=O) groups excluding carboxylic acids is 1. The summed E-state index contributed by atoms with van der Waals surface area (Å²) in [5, 5.41) is 18.7. The lowest BCUT2D eigenvalue weighted by molar-refractivity contribution is -0.148. The normalized spacial score (nSPS) is 14.8. The second-order valence-corrected chi connectivity index (χ2v) is 6.13. The first kappa shape index (κ1) is 17.6. The van der Waals surface area contributed by atoms with Gasteiger partial charge in [0.1, 0.15) is 5.69 Å². The third-order valence-corrected chi connectivity index (χ3v) is 4.52. The second-order valence-electron chi connectivity index (χ2n) is 6.13. The number of rotatable bonds is 4. The van der Waals surface area contributed by atoms with Gasteiger partial charge in [-0.2, -0.15) is 10.5 Å². The number of nitriles is 2. The Kier molecular flexibility index (Phi) is 5.28. The maximum absolute atomic E-state index is 11.9. The van der Waals surface area contributed by atoms with E-state index in [-0.39, 0.29) is 11.9 Å². The minimum absolute atomic E-state index is 0.120. The maximum atomic E-state index is 11.9. The number of hydrogen-bond donors (Lipinski definition) is 0. The van der Waals surface area contributed by atoms with Crippen molar-refractivity contribution in [3.63, 3.8) is 0 Å². The fraction of sp³-hybridized carbons (Fsp3) is 0.421. The quantitative estimate of drug-likeness (QED) is 0.781. The van der Waals surface area contributed by atoms with Gasteiger partial charge in [0.05, 0.1) is 35.7 Å². The van der Waals surface area contributed by atoms with Crippen LogP contribution in [0, 0.1) is 28.6 Å². The van der Waals surface area contributed by atoms with Crippen LogP contribution in [-0.2, 0) is 9.53 Å². The van der Waals surface area contributed by atoms with Crippen LogP contribution < -0.4 is 4.90 Å². The van der Waals surface area contributed by atoms with Crippen molar-refractivity contribution in [2.45, 2.75) is 25.7 Å². The summed E-state index contributed by atoms with van der Waals surface area (Å²) in [5.74, 6) is -0.710. The standard InChI is InChI=1S/C19H19N5O2/c1-2-26-19(25)13-7-9-24(10-8-13)18-17(14(11-20)12-21)22-15-5-3-4-6-16(15)23-18/h3-6,13-14H,2,7-10H2,1H3. The number of para-hydroxylation sites is 2. The number of anilines is 1. The Morgan fingerprint density at radius 3 is 2.42 bits per heavy atom. The molecule has 0 N–H and O–H groups in total. The summed E-state index contributed by atoms with van der Waals surface area (Å²) in [6.45, 7) is 3.39. The van der Waals surface area contributed by atoms with Gasteiger partial charge >= 0.3 is 5.97 Å². The lowest BCUT2D eigenvalue weighted by atomic mass is 9.96. The monoisotopic (exact) mass is 349 g/mol. The van der Waals surface area contributed by atoms with Gasteiger partial charge < -0.3 is 9.64 Å². The molecular weight excluding hydrogens is 330 g/mol. The number of benzene rings is 1. The molecule has 1 aliphatic rings. The molecule has 7 heteroatoms. The van der Waals surface area contributed by atoms with Crippen molar-refractivity contribution in [2.24, 2.45) is 5.92 Å². The largest absolute Gasteiger partial charge is 0.466 e. The highest BCUT2D eigenvalue weighted by Crippen LogP contribution is 2.30. The molecule has 7 nitrogen and oxygen atoms in total. The number of esters is 1. The van der Waals surface area contributed by atoms with Crippen LogP contribution in [0.1, 0.15) is 31.4 Å². The molecule has 0 radical (unpaired) electrons. The molecule has 1 aromatic carbocycles. The van der Waals surface area contributed by atoms with Crippen LogP contribution in [0.4, 0.5) is 5.82 Å². The lowest BCUT2D eigenvalue weighted by Gasteiger charge is -2.32. The van der Waals surface area contributed by atoms with Crippen LogP contribution >= 0.6 is 0 Å². The Hall–Kier alpha value is -3.19. The molecule has 0 spiro atoms. The molecule has 0 unspecified atom stereocenters. The van der Waals surface area contributed by atoms with Gasteiger partial charge in [0.15, 0.2) is 11.7 Å². The van der Waals surface area contributed by atoms with Gasteiger partial charge in [-0.05, 0) is 31.9 Å². The number of aromatic nitrogens is 2. The Balaban J connectivity index is 1.92. The Morgan fingerprint density at radius 1 is 1.23 bits per heavy atom. The molecule has 0 amide bonds. The smallest absolute Gasteiger partial charge is 0.309 e. The predicted octanol–water partition coefficient (Wildman–Crippen LogP) is 2.54. The second kappa shape index (κ2) is 7.79. The van der Waals surface area contributed by atoms with E-state index in [2.05, 4.69) is 9.97 Å². The molecule has 0 atom stereocenters. The van der Waals surface area contributed by atoms with Crippen LogP contribution in [0.3, 0.4) is 0 Å². The Bertz CT molecular complexity index is 877. The molecule has 2 aromatic rings. The van der Waals surface area contributed by atoms with Crippen LogP contribution in [0.15, 0.2) is 24.3 Å². The first-order valence-electron chi connectivity index (χ1n) is 8.65. The predicted molar refractivity (Wildman–Crippen MR) is 95.1 cm³/mol. The van der Waals surface area contributed by atoms with Crippen molar-refractivity contribution >= 4 is 22.8 Å². The van der Waals surface area contributed by atoms with Gasteiger partial charge in [0.25, 0.3) is 0 Å². The molecule has 0 saturated carbocycles. The summed E-state index contributed by atoms with van der Waals surface area (Å²) in [7, 11) is 0. The minimum atomic E-state index is -0.982. The lowest BCUT2D eigenvalue weighted by Crippen LogP contribution is -2.38. The molecule has 3 rings (SSSR count). The first-order valence-corrected chi connectivity index (χ1v) is 8.65. The fourth-order valence-corrected chi connectivity index (χ4v) is 3.17. The van der Waals surface area contributed by atoms with Gasteiger partial charge in [0, 0.05) is 13.1 Å². The molecule has 0 bridgehead atoms. The molecule has 0 aliphatic carbocycles. The van der Waals surface area contributed by atoms with Crippen LogP contribution in [0.25, 0.3) is 11.0 Å². The van der Waals surface area contributed by atoms with E-state index in [9.17, 15) is 15.3 Å². The molecular formula is C19H19N5O2. The van der Waals surface area contributed by atoms with Gasteiger partial charge in [-0.1, -0.05) is 12.1 Å². The number of nitrogens with zero attached hydrogens (tertiary/aromatic N) is 5. The van der Waals surface area contributed by atoms with E-state index >= 15 is 0 Å². The maximum Gasteiger partial charge on any atom is 0.309 e. The molecule has 1 aliphatic heterocycles. The van der Waals surface area contributed by atoms with Crippen LogP contribution in [0.2, 0.25) is 0 Å². The summed E-state index contributed by atoms with van der Waals surface area (Å²) in [6, 6.07) is 11.4. The molecule has 2 heterocycles. The Morgan fingerprint density at radius 2 is 1.85 bits per heavy atom. The van der Waals surface area contributed by atoms with E-state index in [1.54, 1.807) is 6.92 Å². The molecule has 132 valence electrons. The summed E-state index contributed by atoms with van der Waals surface area (Å²) in [6.07, 6.45) is 1.30. The van der Waals surface area contributed by atoms with Crippen LogP contribution in [-0.4, -0.2) is 35.6 Å². The Labute approximate surface area is 151 Å². The molecule has 26 heavy (non-hydrogen) atoms.